The van der Waals surface area contributed by atoms with Gasteiger partial charge < -0.3 is 51.1 Å². The highest BCUT2D eigenvalue weighted by atomic mass is 32.2. The average molecular weight is 1170 g/mol. The molecule has 5 saturated heterocycles. The molecule has 2 aromatic rings. The molecule has 5 fully saturated rings. The highest BCUT2D eigenvalue weighted by Crippen LogP contribution is 2.49. The number of hydrogen-bond donors (Lipinski definition) is 6. The molecule has 0 saturated carbocycles. The van der Waals surface area contributed by atoms with Crippen LogP contribution < -0.4 is 21.3 Å². The smallest absolute Gasteiger partial charge is 0.407 e. The molecular weight excluding hydrogens is 1090 g/mol. The summed E-state index contributed by atoms with van der Waals surface area (Å²) in [5.74, 6) is -3.57. The van der Waals surface area contributed by atoms with Gasteiger partial charge in [0.05, 0.1) is 34.7 Å². The number of carbonyl (C=O) groups is 10. The number of likely N-dealkylation sites (N-methyl/N-ethyl adjacent to an activating group) is 2. The first-order valence-corrected chi connectivity index (χ1v) is 30.6. The zero-order valence-electron chi connectivity index (χ0n) is 47.9. The van der Waals surface area contributed by atoms with E-state index in [4.69, 9.17) is 0 Å². The molecule has 82 heavy (non-hydrogen) atoms. The van der Waals surface area contributed by atoms with E-state index in [9.17, 15) is 48.6 Å². The second-order valence-electron chi connectivity index (χ2n) is 24.5. The molecule has 444 valence electrons. The Morgan fingerprint density at radius 2 is 0.915 bits per heavy atom. The Hall–Kier alpha value is -6.56. The lowest BCUT2D eigenvalue weighted by Gasteiger charge is -2.43. The fraction of sp³-hybridized carbons (Fsp3) is 0.621. The summed E-state index contributed by atoms with van der Waals surface area (Å²) < 4.78 is 0. The van der Waals surface area contributed by atoms with Crippen LogP contribution in [0, 0.1) is 22.7 Å². The van der Waals surface area contributed by atoms with Crippen molar-refractivity contribution in [2.75, 3.05) is 51.8 Å². The number of nitrogens with zero attached hydrogens (tertiary/aromatic N) is 6. The predicted molar refractivity (Wildman–Crippen MR) is 306 cm³/mol. The minimum atomic E-state index is -1.29. The molecular formula is C58H78N10O12S2. The van der Waals surface area contributed by atoms with Gasteiger partial charge in [-0.05, 0) is 110 Å². The lowest BCUT2D eigenvalue weighted by Crippen LogP contribution is -2.60. The summed E-state index contributed by atoms with van der Waals surface area (Å²) in [4.78, 5) is 147. The molecule has 2 aliphatic carbocycles. The topological polar surface area (TPSA) is 279 Å². The van der Waals surface area contributed by atoms with Crippen LogP contribution in [0.3, 0.4) is 0 Å². The Morgan fingerprint density at radius 1 is 0.561 bits per heavy atom. The number of aryl methyl sites for hydroxylation is 2. The van der Waals surface area contributed by atoms with E-state index in [0.717, 1.165) is 32.1 Å². The first-order chi connectivity index (χ1) is 38.8. The van der Waals surface area contributed by atoms with Gasteiger partial charge >= 0.3 is 12.2 Å². The van der Waals surface area contributed by atoms with Crippen LogP contribution in [0.5, 0.6) is 0 Å². The number of nitrogens with one attached hydrogen (secondary N) is 4. The Balaban J connectivity index is 0.891. The minimum absolute atomic E-state index is 0.167. The summed E-state index contributed by atoms with van der Waals surface area (Å²) in [5, 5.41) is 30.4. The number of carbonyl (C=O) groups excluding carboxylic acids is 8. The van der Waals surface area contributed by atoms with Gasteiger partial charge in [-0.1, -0.05) is 76.2 Å². The number of carboxylic acid groups (broad SMARTS) is 2. The number of benzene rings is 2. The quantitative estimate of drug-likeness (QED) is 0.177. The Kier molecular flexibility index (Phi) is 17.5. The molecule has 22 nitrogen and oxygen atoms in total. The number of piperazine rings is 1. The van der Waals surface area contributed by atoms with Crippen molar-refractivity contribution >= 4 is 83.0 Å². The number of thioether (sulfide) groups is 2. The van der Waals surface area contributed by atoms with Crippen LogP contribution >= 0.6 is 23.5 Å². The maximum Gasteiger partial charge on any atom is 0.407 e. The van der Waals surface area contributed by atoms with Gasteiger partial charge in [0.15, 0.2) is 0 Å². The molecule has 0 spiro atoms. The second-order valence-corrected chi connectivity index (χ2v) is 27.1. The first kappa shape index (κ1) is 60.0. The van der Waals surface area contributed by atoms with Crippen LogP contribution in [-0.4, -0.2) is 198 Å². The van der Waals surface area contributed by atoms with Crippen molar-refractivity contribution in [2.24, 2.45) is 22.7 Å². The van der Waals surface area contributed by atoms with Gasteiger partial charge in [-0.2, -0.15) is 0 Å². The second kappa shape index (κ2) is 24.0. The van der Waals surface area contributed by atoms with E-state index in [-0.39, 0.29) is 48.7 Å². The monoisotopic (exact) mass is 1170 g/mol. The maximum absolute atomic E-state index is 15.0. The zero-order valence-corrected chi connectivity index (χ0v) is 49.6. The van der Waals surface area contributed by atoms with Crippen LogP contribution in [0.25, 0.3) is 0 Å². The average Bonchev–Trinajstić information content (AvgIpc) is 2.51. The van der Waals surface area contributed by atoms with Crippen LogP contribution in [0.4, 0.5) is 9.59 Å². The molecule has 12 atom stereocenters. The van der Waals surface area contributed by atoms with Gasteiger partial charge in [0.25, 0.3) is 0 Å². The van der Waals surface area contributed by atoms with E-state index in [2.05, 4.69) is 21.3 Å². The van der Waals surface area contributed by atoms with Crippen molar-refractivity contribution in [1.29, 1.82) is 0 Å². The summed E-state index contributed by atoms with van der Waals surface area (Å²) in [6.45, 7) is 11.5. The molecule has 0 bridgehead atoms. The van der Waals surface area contributed by atoms with Gasteiger partial charge in [0.2, 0.25) is 47.3 Å². The molecule has 24 heteroatoms. The van der Waals surface area contributed by atoms with E-state index >= 15 is 9.59 Å². The van der Waals surface area contributed by atoms with Crippen molar-refractivity contribution in [3.05, 3.63) is 70.8 Å². The Labute approximate surface area is 486 Å². The van der Waals surface area contributed by atoms with E-state index in [0.29, 0.717) is 62.9 Å². The SMILES string of the molecule is CC(C(=O)N[C@H]1CCS[C@H]2CC(C)(C)[C@@H](C(=O)N[C@H]3c4ccccc4CC[C@H]3C(=O)N3CCN(C(=O)[C@@H]4CCc5ccccc5[C@@H]4NC(=O)[C@H]4N5C(=O)[C@@H](NC(=O)C(C)N(C)C(=O)O)CCS[C@H]5CC4(C)C)CC3)N2C1=O)N(C)C(=O)O. The van der Waals surface area contributed by atoms with Gasteiger partial charge in [-0.3, -0.25) is 48.2 Å². The molecule has 0 aromatic heterocycles. The zero-order chi connectivity index (χ0) is 59.3. The molecule has 0 radical (unpaired) electrons. The fourth-order valence-electron chi connectivity index (χ4n) is 13.5. The van der Waals surface area contributed by atoms with Crippen molar-refractivity contribution in [2.45, 2.75) is 152 Å². The molecule has 2 unspecified atom stereocenters. The van der Waals surface area contributed by atoms with E-state index in [1.807, 2.05) is 76.2 Å². The van der Waals surface area contributed by atoms with E-state index in [1.54, 1.807) is 19.6 Å². The summed E-state index contributed by atoms with van der Waals surface area (Å²) in [5.41, 5.74) is 2.21. The van der Waals surface area contributed by atoms with Crippen molar-refractivity contribution in [3.8, 4) is 0 Å². The molecule has 6 N–H and O–H groups in total. The van der Waals surface area contributed by atoms with Crippen molar-refractivity contribution in [1.82, 2.24) is 50.7 Å². The first-order valence-electron chi connectivity index (χ1n) is 28.5. The normalized spacial score (nSPS) is 29.0. The molecule has 5 aliphatic heterocycles. The highest BCUT2D eigenvalue weighted by Gasteiger charge is 2.57. The van der Waals surface area contributed by atoms with Gasteiger partial charge in [-0.15, -0.1) is 23.5 Å². The third-order valence-corrected chi connectivity index (χ3v) is 20.9. The maximum atomic E-state index is 15.0. The largest absolute Gasteiger partial charge is 0.465 e. The standard InChI is InChI=1S/C58H78N10O12S2/c1-31(63(7)55(77)78)47(69)59-39-21-27-81-41-29-57(3,4)45(67(41)53(39)75)49(71)61-43-35-15-11-9-13-33(35)17-19-37(43)51(73)65-23-25-66(26-24-65)52(74)38-20-18-34-14-10-12-16-36(34)44(38)62-50(72)46-58(5,6)30-42-68(46)54(76)40(22-28-82-42)60-48(70)32(2)64(8)56(79)80/h9-16,31-32,37-46H,17-30H2,1-8H3,(H,59,69)(H,60,70)(H,61,71)(H,62,72)(H,77,78)(H,79,80)/t31?,32?,37-,38-,39+,40+,41+,42+,43+,44+,45-,46-/m1/s1. The summed E-state index contributed by atoms with van der Waals surface area (Å²) in [6, 6.07) is 7.91. The molecule has 7 aliphatic rings. The van der Waals surface area contributed by atoms with Gasteiger partial charge in [0, 0.05) is 40.3 Å². The van der Waals surface area contributed by atoms with Crippen LogP contribution in [0.1, 0.15) is 114 Å². The molecule has 5 heterocycles. The van der Waals surface area contributed by atoms with Crippen molar-refractivity contribution < 1.29 is 58.2 Å². The number of rotatable bonds is 12. The van der Waals surface area contributed by atoms with E-state index in [1.165, 1.54) is 51.5 Å². The van der Waals surface area contributed by atoms with Gasteiger partial charge in [-0.25, -0.2) is 9.59 Å². The number of hydrogen-bond acceptors (Lipinski definition) is 12. The summed E-state index contributed by atoms with van der Waals surface area (Å²) in [7, 11) is 2.56. The van der Waals surface area contributed by atoms with Gasteiger partial charge in [0.1, 0.15) is 36.3 Å². The lowest BCUT2D eigenvalue weighted by molar-refractivity contribution is -0.148. The third-order valence-electron chi connectivity index (χ3n) is 18.4. The fourth-order valence-corrected chi connectivity index (χ4v) is 16.6. The highest BCUT2D eigenvalue weighted by molar-refractivity contribution is 8.00. The van der Waals surface area contributed by atoms with Crippen molar-refractivity contribution in [3.63, 3.8) is 0 Å². The minimum Gasteiger partial charge on any atom is -0.465 e. The molecule has 9 rings (SSSR count). The Bertz CT molecular complexity index is 2690. The molecule has 2 aromatic carbocycles. The lowest BCUT2D eigenvalue weighted by atomic mass is 9.77. The van der Waals surface area contributed by atoms with Crippen LogP contribution in [0.15, 0.2) is 48.5 Å². The third kappa shape index (κ3) is 11.7. The Morgan fingerprint density at radius 3 is 1.27 bits per heavy atom. The molecule has 10 amide bonds. The van der Waals surface area contributed by atoms with E-state index < -0.39 is 119 Å². The predicted octanol–water partition coefficient (Wildman–Crippen LogP) is 3.64. The summed E-state index contributed by atoms with van der Waals surface area (Å²) in [6.07, 6.45) is 1.08. The number of amides is 10. The summed E-state index contributed by atoms with van der Waals surface area (Å²) >= 11 is 3.08. The van der Waals surface area contributed by atoms with Crippen LogP contribution in [0.2, 0.25) is 0 Å². The number of fused-ring (bicyclic) bond motifs is 4. The van der Waals surface area contributed by atoms with Crippen LogP contribution in [-0.2, 0) is 51.2 Å².